The second kappa shape index (κ2) is 7.03. The van der Waals surface area contributed by atoms with Crippen LogP contribution in [0, 0.1) is 22.2 Å². The largest absolute Gasteiger partial charge is 0.480 e. The van der Waals surface area contributed by atoms with Crippen LogP contribution in [0.5, 0.6) is 0 Å². The van der Waals surface area contributed by atoms with Crippen molar-refractivity contribution in [2.75, 3.05) is 6.54 Å². The summed E-state index contributed by atoms with van der Waals surface area (Å²) in [4.78, 5) is 39.7. The van der Waals surface area contributed by atoms with Crippen LogP contribution in [-0.4, -0.2) is 52.1 Å². The molecule has 0 aromatic heterocycles. The van der Waals surface area contributed by atoms with E-state index in [1.54, 1.807) is 6.08 Å². The summed E-state index contributed by atoms with van der Waals surface area (Å²) in [5.74, 6) is -1.25. The van der Waals surface area contributed by atoms with Gasteiger partial charge in [0.05, 0.1) is 0 Å². The Labute approximate surface area is 174 Å². The van der Waals surface area contributed by atoms with Crippen molar-refractivity contribution in [3.63, 3.8) is 0 Å². The summed E-state index contributed by atoms with van der Waals surface area (Å²) in [6, 6.07) is -2.21. The van der Waals surface area contributed by atoms with E-state index in [-0.39, 0.29) is 17.2 Å². The van der Waals surface area contributed by atoms with E-state index in [1.165, 1.54) is 4.90 Å². The summed E-state index contributed by atoms with van der Waals surface area (Å²) in [6.45, 7) is 19.5. The molecule has 4 unspecified atom stereocenters. The number of nitrogens with one attached hydrogen (secondary N) is 2. The Morgan fingerprint density at radius 1 is 1.21 bits per heavy atom. The third-order valence-electron chi connectivity index (χ3n) is 6.66. The maximum Gasteiger partial charge on any atom is 0.327 e. The molecule has 7 nitrogen and oxygen atoms in total. The SMILES string of the molecule is C=CCC12C(C(=O)O)N(C(=O)C(NC(=O)NC(C)(C)C)C(C)(C)C)CC1C2(C)C. The second-order valence-electron chi connectivity index (χ2n) is 11.2. The first kappa shape index (κ1) is 23.2. The fraction of sp³-hybridized carbons (Fsp3) is 0.773. The van der Waals surface area contributed by atoms with Crippen LogP contribution in [0.3, 0.4) is 0 Å². The molecule has 1 saturated carbocycles. The van der Waals surface area contributed by atoms with Gasteiger partial charge in [-0.2, -0.15) is 0 Å². The molecule has 1 saturated heterocycles. The summed E-state index contributed by atoms with van der Waals surface area (Å²) in [5, 5.41) is 15.6. The van der Waals surface area contributed by atoms with Crippen LogP contribution in [0.1, 0.15) is 61.8 Å². The van der Waals surface area contributed by atoms with Crippen molar-refractivity contribution in [2.45, 2.75) is 79.4 Å². The van der Waals surface area contributed by atoms with Crippen molar-refractivity contribution in [2.24, 2.45) is 22.2 Å². The van der Waals surface area contributed by atoms with E-state index < -0.39 is 40.5 Å². The summed E-state index contributed by atoms with van der Waals surface area (Å²) in [5.41, 5.74) is -1.71. The number of carboxylic acid groups (broad SMARTS) is 1. The third kappa shape index (κ3) is 3.88. The van der Waals surface area contributed by atoms with Crippen LogP contribution in [0.25, 0.3) is 0 Å². The van der Waals surface area contributed by atoms with Gasteiger partial charge in [0.15, 0.2) is 0 Å². The maximum absolute atomic E-state index is 13.5. The molecule has 0 aromatic carbocycles. The molecule has 4 atom stereocenters. The Hall–Kier alpha value is -2.05. The number of hydrogen-bond donors (Lipinski definition) is 3. The maximum atomic E-state index is 13.5. The second-order valence-corrected chi connectivity index (χ2v) is 11.2. The van der Waals surface area contributed by atoms with Crippen molar-refractivity contribution in [3.05, 3.63) is 12.7 Å². The molecular weight excluding hydrogens is 370 g/mol. The fourth-order valence-corrected chi connectivity index (χ4v) is 5.17. The highest BCUT2D eigenvalue weighted by molar-refractivity contribution is 5.92. The Balaban J connectivity index is 2.33. The van der Waals surface area contributed by atoms with E-state index in [9.17, 15) is 19.5 Å². The molecule has 0 bridgehead atoms. The number of aliphatic carboxylic acids is 1. The minimum atomic E-state index is -1.000. The van der Waals surface area contributed by atoms with Crippen molar-refractivity contribution >= 4 is 17.9 Å². The van der Waals surface area contributed by atoms with Gasteiger partial charge in [0.25, 0.3) is 0 Å². The number of allylic oxidation sites excluding steroid dienone is 1. The van der Waals surface area contributed by atoms with Crippen molar-refractivity contribution in [3.8, 4) is 0 Å². The van der Waals surface area contributed by atoms with E-state index in [2.05, 4.69) is 31.1 Å². The standard InChI is InChI=1S/C22H37N3O4/c1-10-11-22-13(21(22,8)9)12-25(15(22)17(27)28)16(26)14(19(2,3)4)23-18(29)24-20(5,6)7/h10,13-15H,1,11-12H2,2-9H3,(H,27,28)(H2,23,24,29). The van der Waals surface area contributed by atoms with Crippen LogP contribution < -0.4 is 10.6 Å². The van der Waals surface area contributed by atoms with E-state index in [0.29, 0.717) is 13.0 Å². The molecule has 2 fully saturated rings. The third-order valence-corrected chi connectivity index (χ3v) is 6.66. The highest BCUT2D eigenvalue weighted by Crippen LogP contribution is 2.76. The number of amides is 3. The highest BCUT2D eigenvalue weighted by atomic mass is 16.4. The molecule has 3 N–H and O–H groups in total. The lowest BCUT2D eigenvalue weighted by Gasteiger charge is -2.39. The zero-order valence-corrected chi connectivity index (χ0v) is 19.0. The molecular formula is C22H37N3O4. The molecule has 29 heavy (non-hydrogen) atoms. The number of urea groups is 1. The Kier molecular flexibility index (Phi) is 5.63. The highest BCUT2D eigenvalue weighted by Gasteiger charge is 2.80. The number of likely N-dealkylation sites (tertiary alicyclic amines) is 1. The number of carboxylic acids is 1. The van der Waals surface area contributed by atoms with Gasteiger partial charge in [-0.15, -0.1) is 6.58 Å². The number of hydrogen-bond acceptors (Lipinski definition) is 3. The lowest BCUT2D eigenvalue weighted by atomic mass is 9.82. The normalized spacial score (nSPS) is 28.9. The number of piperidine rings is 1. The monoisotopic (exact) mass is 407 g/mol. The van der Waals surface area contributed by atoms with Gasteiger partial charge in [-0.05, 0) is 43.9 Å². The van der Waals surface area contributed by atoms with Crippen molar-refractivity contribution in [1.29, 1.82) is 0 Å². The Morgan fingerprint density at radius 3 is 2.17 bits per heavy atom. The van der Waals surface area contributed by atoms with Crippen LogP contribution in [-0.2, 0) is 9.59 Å². The van der Waals surface area contributed by atoms with Gasteiger partial charge in [-0.3, -0.25) is 4.79 Å². The topological polar surface area (TPSA) is 98.7 Å². The van der Waals surface area contributed by atoms with Gasteiger partial charge in [0.2, 0.25) is 5.91 Å². The number of fused-ring (bicyclic) bond motifs is 1. The minimum Gasteiger partial charge on any atom is -0.480 e. The Morgan fingerprint density at radius 2 is 1.76 bits per heavy atom. The van der Waals surface area contributed by atoms with Crippen LogP contribution in [0.4, 0.5) is 4.79 Å². The average Bonchev–Trinajstić information content (AvgIpc) is 2.84. The van der Waals surface area contributed by atoms with Gasteiger partial charge in [-0.1, -0.05) is 40.7 Å². The molecule has 2 rings (SSSR count). The van der Waals surface area contributed by atoms with Gasteiger partial charge in [-0.25, -0.2) is 9.59 Å². The predicted molar refractivity (Wildman–Crippen MR) is 112 cm³/mol. The lowest BCUT2D eigenvalue weighted by molar-refractivity contribution is -0.154. The molecule has 3 amide bonds. The first-order valence-electron chi connectivity index (χ1n) is 10.2. The van der Waals surface area contributed by atoms with Crippen LogP contribution >= 0.6 is 0 Å². The molecule has 0 radical (unpaired) electrons. The number of carbonyl (C=O) groups is 3. The van der Waals surface area contributed by atoms with Crippen LogP contribution in [0.15, 0.2) is 12.7 Å². The van der Waals surface area contributed by atoms with Crippen molar-refractivity contribution < 1.29 is 19.5 Å². The zero-order chi connectivity index (χ0) is 22.6. The fourth-order valence-electron chi connectivity index (χ4n) is 5.17. The molecule has 7 heteroatoms. The summed E-state index contributed by atoms with van der Waals surface area (Å²) >= 11 is 0. The van der Waals surface area contributed by atoms with Crippen molar-refractivity contribution in [1.82, 2.24) is 15.5 Å². The molecule has 0 aromatic rings. The lowest BCUT2D eigenvalue weighted by Crippen LogP contribution is -2.61. The summed E-state index contributed by atoms with van der Waals surface area (Å²) < 4.78 is 0. The quantitative estimate of drug-likeness (QED) is 0.610. The molecule has 1 heterocycles. The smallest absolute Gasteiger partial charge is 0.327 e. The van der Waals surface area contributed by atoms with Gasteiger partial charge in [0, 0.05) is 17.5 Å². The first-order chi connectivity index (χ1) is 13.0. The molecule has 1 aliphatic heterocycles. The van der Waals surface area contributed by atoms with Gasteiger partial charge in [0.1, 0.15) is 12.1 Å². The number of rotatable bonds is 5. The molecule has 2 aliphatic rings. The zero-order valence-electron chi connectivity index (χ0n) is 19.0. The minimum absolute atomic E-state index is 0.0991. The van der Waals surface area contributed by atoms with E-state index in [0.717, 1.165) is 0 Å². The summed E-state index contributed by atoms with van der Waals surface area (Å²) in [7, 11) is 0. The Bertz CT molecular complexity index is 717. The average molecular weight is 408 g/mol. The van der Waals surface area contributed by atoms with Gasteiger partial charge >= 0.3 is 12.0 Å². The molecule has 1 aliphatic carbocycles. The predicted octanol–water partition coefficient (Wildman–Crippen LogP) is 3.01. The molecule has 0 spiro atoms. The molecule has 164 valence electrons. The van der Waals surface area contributed by atoms with E-state index >= 15 is 0 Å². The summed E-state index contributed by atoms with van der Waals surface area (Å²) in [6.07, 6.45) is 2.30. The first-order valence-corrected chi connectivity index (χ1v) is 10.2. The van der Waals surface area contributed by atoms with Gasteiger partial charge < -0.3 is 20.6 Å². The van der Waals surface area contributed by atoms with E-state index in [1.807, 2.05) is 41.5 Å². The number of carbonyl (C=O) groups excluding carboxylic acids is 2. The van der Waals surface area contributed by atoms with Crippen LogP contribution in [0.2, 0.25) is 0 Å². The van der Waals surface area contributed by atoms with E-state index in [4.69, 9.17) is 0 Å². The number of nitrogens with zero attached hydrogens (tertiary/aromatic N) is 1.